The van der Waals surface area contributed by atoms with Crippen LogP contribution in [-0.2, 0) is 0 Å². The molecule has 3 aromatic rings. The van der Waals surface area contributed by atoms with E-state index < -0.39 is 6.04 Å². The summed E-state index contributed by atoms with van der Waals surface area (Å²) >= 11 is 0. The summed E-state index contributed by atoms with van der Waals surface area (Å²) in [6, 6.07) is 16.3. The lowest BCUT2D eigenvalue weighted by Crippen LogP contribution is -2.29. The molecular formula is C24H24FNO4. The van der Waals surface area contributed by atoms with E-state index in [1.54, 1.807) is 45.6 Å². The van der Waals surface area contributed by atoms with Gasteiger partial charge in [-0.15, -0.1) is 0 Å². The first-order valence-electron chi connectivity index (χ1n) is 9.39. The highest BCUT2D eigenvalue weighted by Gasteiger charge is 2.20. The molecule has 3 rings (SSSR count). The molecule has 0 aliphatic carbocycles. The number of carbonyl (C=O) groups is 1. The molecule has 30 heavy (non-hydrogen) atoms. The minimum atomic E-state index is -0.484. The summed E-state index contributed by atoms with van der Waals surface area (Å²) in [5.74, 6) is 1.17. The summed E-state index contributed by atoms with van der Waals surface area (Å²) < 4.78 is 29.4. The van der Waals surface area contributed by atoms with Gasteiger partial charge in [-0.3, -0.25) is 4.79 Å². The molecule has 0 aromatic heterocycles. The van der Waals surface area contributed by atoms with Crippen LogP contribution in [0.1, 0.15) is 33.1 Å². The molecule has 0 spiro atoms. The molecule has 0 aliphatic rings. The van der Waals surface area contributed by atoms with Crippen molar-refractivity contribution in [2.24, 2.45) is 0 Å². The maximum absolute atomic E-state index is 13.5. The lowest BCUT2D eigenvalue weighted by atomic mass is 9.97. The first-order chi connectivity index (χ1) is 14.5. The lowest BCUT2D eigenvalue weighted by Gasteiger charge is -2.21. The Morgan fingerprint density at radius 2 is 1.33 bits per heavy atom. The van der Waals surface area contributed by atoms with Crippen molar-refractivity contribution < 1.29 is 23.4 Å². The Balaban J connectivity index is 1.98. The van der Waals surface area contributed by atoms with Gasteiger partial charge in [-0.1, -0.05) is 24.3 Å². The Bertz CT molecular complexity index is 991. The Hall–Kier alpha value is -3.54. The molecule has 1 atom stereocenters. The highest BCUT2D eigenvalue weighted by Crippen LogP contribution is 2.30. The van der Waals surface area contributed by atoms with Gasteiger partial charge in [0.05, 0.1) is 27.4 Å². The van der Waals surface area contributed by atoms with Gasteiger partial charge in [0, 0.05) is 11.1 Å². The number of hydrogen-bond acceptors (Lipinski definition) is 4. The van der Waals surface area contributed by atoms with E-state index in [0.717, 1.165) is 16.7 Å². The van der Waals surface area contributed by atoms with Gasteiger partial charge in [-0.05, 0) is 54.4 Å². The zero-order valence-corrected chi connectivity index (χ0v) is 17.4. The summed E-state index contributed by atoms with van der Waals surface area (Å²) in [4.78, 5) is 13.1. The van der Waals surface area contributed by atoms with E-state index in [4.69, 9.17) is 14.2 Å². The highest BCUT2D eigenvalue weighted by atomic mass is 19.1. The average molecular weight is 409 g/mol. The van der Waals surface area contributed by atoms with E-state index in [9.17, 15) is 9.18 Å². The second kappa shape index (κ2) is 9.31. The molecule has 5 nitrogen and oxygen atoms in total. The quantitative estimate of drug-likeness (QED) is 0.616. The van der Waals surface area contributed by atoms with Crippen molar-refractivity contribution in [3.63, 3.8) is 0 Å². The van der Waals surface area contributed by atoms with Crippen molar-refractivity contribution in [3.05, 3.63) is 88.7 Å². The third kappa shape index (κ3) is 4.54. The van der Waals surface area contributed by atoms with Crippen LogP contribution in [-0.4, -0.2) is 27.2 Å². The van der Waals surface area contributed by atoms with Crippen LogP contribution >= 0.6 is 0 Å². The SMILES string of the molecule is COc1ccc(C(NC(=O)c2cc(OC)c(C)c(OC)c2)c2ccc(F)cc2)cc1. The van der Waals surface area contributed by atoms with E-state index in [1.165, 1.54) is 12.1 Å². The number of halogens is 1. The average Bonchev–Trinajstić information content (AvgIpc) is 2.78. The van der Waals surface area contributed by atoms with Gasteiger partial charge < -0.3 is 19.5 Å². The number of ether oxygens (including phenoxy) is 3. The molecule has 0 radical (unpaired) electrons. The van der Waals surface area contributed by atoms with E-state index in [0.29, 0.717) is 22.8 Å². The predicted octanol–water partition coefficient (Wildman–Crippen LogP) is 4.68. The number of rotatable bonds is 7. The van der Waals surface area contributed by atoms with Gasteiger partial charge in [0.2, 0.25) is 0 Å². The van der Waals surface area contributed by atoms with E-state index in [1.807, 2.05) is 31.2 Å². The maximum Gasteiger partial charge on any atom is 0.252 e. The molecule has 0 bridgehead atoms. The number of amides is 1. The zero-order chi connectivity index (χ0) is 21.7. The van der Waals surface area contributed by atoms with Crippen LogP contribution in [0.4, 0.5) is 4.39 Å². The second-order valence-electron chi connectivity index (χ2n) is 6.74. The molecule has 3 aromatic carbocycles. The fourth-order valence-electron chi connectivity index (χ4n) is 3.24. The summed E-state index contributed by atoms with van der Waals surface area (Å²) in [6.45, 7) is 1.86. The second-order valence-corrected chi connectivity index (χ2v) is 6.74. The molecule has 1 amide bonds. The van der Waals surface area contributed by atoms with E-state index >= 15 is 0 Å². The number of benzene rings is 3. The van der Waals surface area contributed by atoms with Crippen LogP contribution in [0.15, 0.2) is 60.7 Å². The van der Waals surface area contributed by atoms with Crippen LogP contribution in [0, 0.1) is 12.7 Å². The minimum absolute atomic E-state index is 0.309. The van der Waals surface area contributed by atoms with Crippen molar-refractivity contribution in [2.75, 3.05) is 21.3 Å². The molecule has 0 saturated heterocycles. The lowest BCUT2D eigenvalue weighted by molar-refractivity contribution is 0.0942. The third-order valence-electron chi connectivity index (χ3n) is 4.94. The van der Waals surface area contributed by atoms with E-state index in [-0.39, 0.29) is 11.7 Å². The van der Waals surface area contributed by atoms with Gasteiger partial charge in [0.1, 0.15) is 23.1 Å². The number of hydrogen-bond donors (Lipinski definition) is 1. The molecular weight excluding hydrogens is 385 g/mol. The predicted molar refractivity (Wildman–Crippen MR) is 113 cm³/mol. The van der Waals surface area contributed by atoms with Gasteiger partial charge in [0.25, 0.3) is 5.91 Å². The van der Waals surface area contributed by atoms with Crippen molar-refractivity contribution in [1.29, 1.82) is 0 Å². The Morgan fingerprint density at radius 1 is 0.833 bits per heavy atom. The zero-order valence-electron chi connectivity index (χ0n) is 17.4. The molecule has 0 aliphatic heterocycles. The molecule has 6 heteroatoms. The Kier molecular flexibility index (Phi) is 6.57. The number of nitrogens with one attached hydrogen (secondary N) is 1. The molecule has 0 heterocycles. The Morgan fingerprint density at radius 3 is 1.80 bits per heavy atom. The van der Waals surface area contributed by atoms with Crippen LogP contribution in [0.5, 0.6) is 17.2 Å². The minimum Gasteiger partial charge on any atom is -0.497 e. The third-order valence-corrected chi connectivity index (χ3v) is 4.94. The number of carbonyl (C=O) groups excluding carboxylic acids is 1. The first kappa shape index (κ1) is 21.2. The molecule has 0 saturated carbocycles. The molecule has 1 unspecified atom stereocenters. The summed E-state index contributed by atoms with van der Waals surface area (Å²) in [7, 11) is 4.68. The summed E-state index contributed by atoms with van der Waals surface area (Å²) in [5.41, 5.74) is 2.79. The topological polar surface area (TPSA) is 56.8 Å². The highest BCUT2D eigenvalue weighted by molar-refractivity contribution is 5.95. The van der Waals surface area contributed by atoms with Gasteiger partial charge in [0.15, 0.2) is 0 Å². The summed E-state index contributed by atoms with van der Waals surface area (Å²) in [6.07, 6.45) is 0. The molecule has 156 valence electrons. The van der Waals surface area contributed by atoms with Crippen molar-refractivity contribution in [3.8, 4) is 17.2 Å². The Labute approximate surface area is 175 Å². The van der Waals surface area contributed by atoms with Crippen LogP contribution in [0.2, 0.25) is 0 Å². The van der Waals surface area contributed by atoms with Crippen molar-refractivity contribution in [2.45, 2.75) is 13.0 Å². The van der Waals surface area contributed by atoms with E-state index in [2.05, 4.69) is 5.32 Å². The largest absolute Gasteiger partial charge is 0.497 e. The standard InChI is InChI=1S/C24H24FNO4/c1-15-21(29-3)13-18(14-22(15)30-4)24(27)26-23(16-5-9-19(25)10-6-16)17-7-11-20(28-2)12-8-17/h5-14,23H,1-4H3,(H,26,27). The fourth-order valence-corrected chi connectivity index (χ4v) is 3.24. The number of methoxy groups -OCH3 is 3. The maximum atomic E-state index is 13.5. The first-order valence-corrected chi connectivity index (χ1v) is 9.39. The van der Waals surface area contributed by atoms with Gasteiger partial charge in [-0.25, -0.2) is 4.39 Å². The normalized spacial score (nSPS) is 11.5. The fraction of sp³-hybridized carbons (Fsp3) is 0.208. The van der Waals surface area contributed by atoms with Crippen LogP contribution in [0.3, 0.4) is 0 Å². The molecule has 1 N–H and O–H groups in total. The van der Waals surface area contributed by atoms with Crippen LogP contribution in [0.25, 0.3) is 0 Å². The monoisotopic (exact) mass is 409 g/mol. The summed E-state index contributed by atoms with van der Waals surface area (Å²) in [5, 5.41) is 3.03. The van der Waals surface area contributed by atoms with Crippen molar-refractivity contribution in [1.82, 2.24) is 5.32 Å². The van der Waals surface area contributed by atoms with Crippen LogP contribution < -0.4 is 19.5 Å². The van der Waals surface area contributed by atoms with Crippen molar-refractivity contribution >= 4 is 5.91 Å². The van der Waals surface area contributed by atoms with Gasteiger partial charge in [-0.2, -0.15) is 0 Å². The smallest absolute Gasteiger partial charge is 0.252 e. The van der Waals surface area contributed by atoms with Gasteiger partial charge >= 0.3 is 0 Å². The molecule has 0 fully saturated rings.